The van der Waals surface area contributed by atoms with Crippen molar-refractivity contribution in [2.24, 2.45) is 17.6 Å². The number of carbonyl (C=O) groups excluding carboxylic acids is 1. The van der Waals surface area contributed by atoms with Gasteiger partial charge in [0, 0.05) is 12.5 Å². The van der Waals surface area contributed by atoms with E-state index in [1.807, 2.05) is 0 Å². The first-order chi connectivity index (χ1) is 5.36. The van der Waals surface area contributed by atoms with Crippen molar-refractivity contribution in [2.45, 2.75) is 32.1 Å². The van der Waals surface area contributed by atoms with Crippen molar-refractivity contribution in [3.05, 3.63) is 0 Å². The van der Waals surface area contributed by atoms with Crippen LogP contribution in [-0.2, 0) is 4.79 Å². The molecule has 2 N–H and O–H groups in total. The molecular weight excluding hydrogens is 138 g/mol. The molecular formula is C9H17NO. The smallest absolute Gasteiger partial charge is 0.124 e. The van der Waals surface area contributed by atoms with Crippen LogP contribution in [0.15, 0.2) is 0 Å². The van der Waals surface area contributed by atoms with Crippen LogP contribution < -0.4 is 5.73 Å². The summed E-state index contributed by atoms with van der Waals surface area (Å²) in [6, 6.07) is 0. The maximum Gasteiger partial charge on any atom is 0.124 e. The quantitative estimate of drug-likeness (QED) is 0.622. The van der Waals surface area contributed by atoms with E-state index in [0.29, 0.717) is 6.54 Å². The number of nitrogens with two attached hydrogens (primary N) is 1. The molecule has 0 aromatic heterocycles. The minimum absolute atomic E-state index is 0.123. The lowest BCUT2D eigenvalue weighted by Gasteiger charge is -2.12. The summed E-state index contributed by atoms with van der Waals surface area (Å²) in [5.74, 6) is 0.909. The van der Waals surface area contributed by atoms with Crippen molar-refractivity contribution in [1.29, 1.82) is 0 Å². The number of carbonyl (C=O) groups is 1. The minimum Gasteiger partial charge on any atom is -0.330 e. The molecule has 1 unspecified atom stereocenters. The molecule has 1 saturated carbocycles. The zero-order valence-corrected chi connectivity index (χ0v) is 6.96. The minimum atomic E-state index is 0.123. The van der Waals surface area contributed by atoms with Crippen LogP contribution in [-0.4, -0.2) is 12.8 Å². The second-order valence-electron chi connectivity index (χ2n) is 3.52. The van der Waals surface area contributed by atoms with Crippen molar-refractivity contribution in [2.75, 3.05) is 6.54 Å². The number of aldehydes is 1. The summed E-state index contributed by atoms with van der Waals surface area (Å²) in [5, 5.41) is 0. The normalized spacial score (nSPS) is 21.9. The first-order valence-electron chi connectivity index (χ1n) is 4.52. The summed E-state index contributed by atoms with van der Waals surface area (Å²) >= 11 is 0. The number of hydrogen-bond donors (Lipinski definition) is 1. The molecule has 1 fully saturated rings. The van der Waals surface area contributed by atoms with E-state index in [4.69, 9.17) is 5.73 Å². The van der Waals surface area contributed by atoms with Gasteiger partial charge in [-0.1, -0.05) is 25.7 Å². The fourth-order valence-corrected chi connectivity index (χ4v) is 1.88. The van der Waals surface area contributed by atoms with E-state index in [9.17, 15) is 4.79 Å². The standard InChI is InChI=1S/C9H17NO/c10-6-9(7-11)5-8-3-1-2-4-8/h7-9H,1-6,10H2. The van der Waals surface area contributed by atoms with E-state index in [1.54, 1.807) is 0 Å². The van der Waals surface area contributed by atoms with Gasteiger partial charge in [-0.3, -0.25) is 0 Å². The number of hydrogen-bond acceptors (Lipinski definition) is 2. The van der Waals surface area contributed by atoms with Crippen LogP contribution in [0.25, 0.3) is 0 Å². The maximum atomic E-state index is 10.4. The highest BCUT2D eigenvalue weighted by Crippen LogP contribution is 2.29. The van der Waals surface area contributed by atoms with Crippen LogP contribution in [0, 0.1) is 11.8 Å². The summed E-state index contributed by atoms with van der Waals surface area (Å²) < 4.78 is 0. The van der Waals surface area contributed by atoms with E-state index in [-0.39, 0.29) is 5.92 Å². The van der Waals surface area contributed by atoms with Gasteiger partial charge in [-0.15, -0.1) is 0 Å². The van der Waals surface area contributed by atoms with Gasteiger partial charge in [0.1, 0.15) is 6.29 Å². The fraction of sp³-hybridized carbons (Fsp3) is 0.889. The Morgan fingerprint density at radius 1 is 1.45 bits per heavy atom. The summed E-state index contributed by atoms with van der Waals surface area (Å²) in [5.41, 5.74) is 5.43. The third-order valence-electron chi connectivity index (χ3n) is 2.61. The highest BCUT2D eigenvalue weighted by Gasteiger charge is 2.18. The summed E-state index contributed by atoms with van der Waals surface area (Å²) in [6.07, 6.45) is 7.36. The Morgan fingerprint density at radius 2 is 2.09 bits per heavy atom. The molecule has 0 radical (unpaired) electrons. The maximum absolute atomic E-state index is 10.4. The second-order valence-corrected chi connectivity index (χ2v) is 3.52. The van der Waals surface area contributed by atoms with Crippen LogP contribution in [0.3, 0.4) is 0 Å². The average Bonchev–Trinajstić information content (AvgIpc) is 2.52. The monoisotopic (exact) mass is 155 g/mol. The molecule has 0 aromatic carbocycles. The lowest BCUT2D eigenvalue weighted by atomic mass is 9.94. The van der Waals surface area contributed by atoms with Crippen LogP contribution in [0.2, 0.25) is 0 Å². The van der Waals surface area contributed by atoms with Crippen LogP contribution >= 0.6 is 0 Å². The Hall–Kier alpha value is -0.370. The van der Waals surface area contributed by atoms with Gasteiger partial charge >= 0.3 is 0 Å². The van der Waals surface area contributed by atoms with Crippen molar-refractivity contribution in [3.8, 4) is 0 Å². The van der Waals surface area contributed by atoms with Gasteiger partial charge < -0.3 is 10.5 Å². The van der Waals surface area contributed by atoms with Crippen molar-refractivity contribution >= 4 is 6.29 Å². The highest BCUT2D eigenvalue weighted by atomic mass is 16.1. The predicted octanol–water partition coefficient (Wildman–Crippen LogP) is 1.34. The SMILES string of the molecule is NCC(C=O)CC1CCCC1. The lowest BCUT2D eigenvalue weighted by molar-refractivity contribution is -0.111. The lowest BCUT2D eigenvalue weighted by Crippen LogP contribution is -2.18. The Labute approximate surface area is 68.2 Å². The highest BCUT2D eigenvalue weighted by molar-refractivity contribution is 5.53. The molecule has 0 spiro atoms. The fourth-order valence-electron chi connectivity index (χ4n) is 1.88. The van der Waals surface area contributed by atoms with E-state index in [1.165, 1.54) is 25.7 Å². The zero-order valence-electron chi connectivity index (χ0n) is 6.96. The van der Waals surface area contributed by atoms with E-state index in [2.05, 4.69) is 0 Å². The molecule has 0 aliphatic heterocycles. The van der Waals surface area contributed by atoms with Crippen molar-refractivity contribution < 1.29 is 4.79 Å². The predicted molar refractivity (Wildman–Crippen MR) is 45.2 cm³/mol. The summed E-state index contributed by atoms with van der Waals surface area (Å²) in [4.78, 5) is 10.4. The van der Waals surface area contributed by atoms with E-state index >= 15 is 0 Å². The molecule has 0 heterocycles. The molecule has 2 nitrogen and oxygen atoms in total. The van der Waals surface area contributed by atoms with Crippen LogP contribution in [0.1, 0.15) is 32.1 Å². The first-order valence-corrected chi connectivity index (χ1v) is 4.52. The Bertz CT molecular complexity index is 119. The molecule has 2 heteroatoms. The van der Waals surface area contributed by atoms with E-state index < -0.39 is 0 Å². The van der Waals surface area contributed by atoms with Gasteiger partial charge in [0.25, 0.3) is 0 Å². The van der Waals surface area contributed by atoms with Gasteiger partial charge in [0.05, 0.1) is 0 Å². The molecule has 0 aromatic rings. The summed E-state index contributed by atoms with van der Waals surface area (Å²) in [6.45, 7) is 0.528. The molecule has 1 aliphatic rings. The van der Waals surface area contributed by atoms with Gasteiger partial charge in [0.2, 0.25) is 0 Å². The molecule has 0 saturated heterocycles. The average molecular weight is 155 g/mol. The first kappa shape index (κ1) is 8.72. The largest absolute Gasteiger partial charge is 0.330 e. The van der Waals surface area contributed by atoms with Gasteiger partial charge in [-0.05, 0) is 12.3 Å². The Balaban J connectivity index is 2.21. The molecule has 0 amide bonds. The third-order valence-corrected chi connectivity index (χ3v) is 2.61. The molecule has 1 aliphatic carbocycles. The van der Waals surface area contributed by atoms with Gasteiger partial charge in [-0.25, -0.2) is 0 Å². The van der Waals surface area contributed by atoms with Crippen molar-refractivity contribution in [3.63, 3.8) is 0 Å². The number of rotatable bonds is 4. The van der Waals surface area contributed by atoms with E-state index in [0.717, 1.165) is 18.6 Å². The van der Waals surface area contributed by atoms with Crippen molar-refractivity contribution in [1.82, 2.24) is 0 Å². The second kappa shape index (κ2) is 4.50. The third kappa shape index (κ3) is 2.62. The molecule has 11 heavy (non-hydrogen) atoms. The van der Waals surface area contributed by atoms with Gasteiger partial charge in [-0.2, -0.15) is 0 Å². The Morgan fingerprint density at radius 3 is 2.55 bits per heavy atom. The Kier molecular flexibility index (Phi) is 3.57. The summed E-state index contributed by atoms with van der Waals surface area (Å²) in [7, 11) is 0. The molecule has 64 valence electrons. The molecule has 0 bridgehead atoms. The zero-order chi connectivity index (χ0) is 8.10. The van der Waals surface area contributed by atoms with Crippen LogP contribution in [0.4, 0.5) is 0 Å². The molecule has 1 rings (SSSR count). The molecule has 1 atom stereocenters. The topological polar surface area (TPSA) is 43.1 Å². The van der Waals surface area contributed by atoms with Gasteiger partial charge in [0.15, 0.2) is 0 Å². The van der Waals surface area contributed by atoms with Crippen LogP contribution in [0.5, 0.6) is 0 Å².